The van der Waals surface area contributed by atoms with Gasteiger partial charge in [-0.25, -0.2) is 9.78 Å². The molecule has 0 spiro atoms. The first-order chi connectivity index (χ1) is 12.2. The summed E-state index contributed by atoms with van der Waals surface area (Å²) in [6, 6.07) is 5.86. The molecule has 0 atom stereocenters. The van der Waals surface area contributed by atoms with Gasteiger partial charge in [0.25, 0.3) is 0 Å². The number of hydrogen-bond acceptors (Lipinski definition) is 7. The highest BCUT2D eigenvalue weighted by molar-refractivity contribution is 5.67. The molecule has 8 heteroatoms. The molecule has 1 saturated heterocycles. The number of amides is 1. The molecule has 2 aromatic rings. The molecule has 0 aliphatic carbocycles. The van der Waals surface area contributed by atoms with E-state index in [2.05, 4.69) is 20.6 Å². The number of carbonyl (C=O) groups is 1. The third-order valence-corrected chi connectivity index (χ3v) is 4.03. The zero-order valence-electron chi connectivity index (χ0n) is 14.3. The molecule has 0 saturated carbocycles. The molecular weight excluding hydrogens is 322 g/mol. The third kappa shape index (κ3) is 4.85. The SMILES string of the molecule is CCOC(=O)N1CCC(Nc2ccnc(NCc3ccco3)n2)CC1. The monoisotopic (exact) mass is 345 g/mol. The molecule has 0 unspecified atom stereocenters. The Morgan fingerprint density at radius 3 is 2.96 bits per heavy atom. The van der Waals surface area contributed by atoms with Crippen LogP contribution in [0.25, 0.3) is 0 Å². The van der Waals surface area contributed by atoms with Gasteiger partial charge in [-0.05, 0) is 38.0 Å². The highest BCUT2D eigenvalue weighted by atomic mass is 16.6. The maximum absolute atomic E-state index is 11.7. The molecule has 1 fully saturated rings. The van der Waals surface area contributed by atoms with Crippen LogP contribution in [0.2, 0.25) is 0 Å². The molecule has 0 radical (unpaired) electrons. The van der Waals surface area contributed by atoms with Crippen molar-refractivity contribution in [3.8, 4) is 0 Å². The molecule has 8 nitrogen and oxygen atoms in total. The molecule has 25 heavy (non-hydrogen) atoms. The van der Waals surface area contributed by atoms with E-state index in [9.17, 15) is 4.79 Å². The van der Waals surface area contributed by atoms with Crippen LogP contribution < -0.4 is 10.6 Å². The van der Waals surface area contributed by atoms with E-state index in [0.717, 1.165) is 24.4 Å². The van der Waals surface area contributed by atoms with Gasteiger partial charge >= 0.3 is 6.09 Å². The van der Waals surface area contributed by atoms with Gasteiger partial charge in [0.05, 0.1) is 19.4 Å². The van der Waals surface area contributed by atoms with Gasteiger partial charge < -0.3 is 24.7 Å². The average Bonchev–Trinajstić information content (AvgIpc) is 3.15. The van der Waals surface area contributed by atoms with E-state index in [1.807, 2.05) is 25.1 Å². The van der Waals surface area contributed by atoms with Crippen LogP contribution >= 0.6 is 0 Å². The molecular formula is C17H23N5O3. The van der Waals surface area contributed by atoms with E-state index in [1.54, 1.807) is 17.4 Å². The van der Waals surface area contributed by atoms with E-state index in [-0.39, 0.29) is 12.1 Å². The van der Waals surface area contributed by atoms with Crippen LogP contribution in [0.15, 0.2) is 35.1 Å². The van der Waals surface area contributed by atoms with Crippen molar-refractivity contribution in [3.63, 3.8) is 0 Å². The largest absolute Gasteiger partial charge is 0.467 e. The average molecular weight is 345 g/mol. The Morgan fingerprint density at radius 1 is 1.40 bits per heavy atom. The molecule has 3 rings (SSSR count). The number of aromatic nitrogens is 2. The van der Waals surface area contributed by atoms with Crippen LogP contribution in [0.1, 0.15) is 25.5 Å². The van der Waals surface area contributed by atoms with Gasteiger partial charge in [-0.2, -0.15) is 4.98 Å². The highest BCUT2D eigenvalue weighted by Crippen LogP contribution is 2.16. The fourth-order valence-corrected chi connectivity index (χ4v) is 2.73. The molecule has 0 bridgehead atoms. The number of carbonyl (C=O) groups excluding carboxylic acids is 1. The van der Waals surface area contributed by atoms with Crippen LogP contribution in [0.3, 0.4) is 0 Å². The van der Waals surface area contributed by atoms with Crippen molar-refractivity contribution in [1.82, 2.24) is 14.9 Å². The van der Waals surface area contributed by atoms with Gasteiger partial charge in [-0.3, -0.25) is 0 Å². The summed E-state index contributed by atoms with van der Waals surface area (Å²) >= 11 is 0. The van der Waals surface area contributed by atoms with Gasteiger partial charge in [-0.1, -0.05) is 0 Å². The molecule has 1 amide bonds. The van der Waals surface area contributed by atoms with Crippen LogP contribution in [0.4, 0.5) is 16.6 Å². The maximum atomic E-state index is 11.7. The van der Waals surface area contributed by atoms with Gasteiger partial charge in [0.2, 0.25) is 5.95 Å². The Labute approximate surface area is 146 Å². The lowest BCUT2D eigenvalue weighted by Gasteiger charge is -2.31. The molecule has 2 aromatic heterocycles. The standard InChI is InChI=1S/C17H23N5O3/c1-2-24-17(23)22-9-6-13(7-10-22)20-15-5-8-18-16(21-15)19-12-14-4-3-11-25-14/h3-5,8,11,13H,2,6-7,9-10,12H2,1H3,(H2,18,19,20,21). The number of rotatable bonds is 6. The predicted molar refractivity (Wildman–Crippen MR) is 93.3 cm³/mol. The number of piperidine rings is 1. The topological polar surface area (TPSA) is 92.5 Å². The summed E-state index contributed by atoms with van der Waals surface area (Å²) in [6.07, 6.45) is 4.84. The van der Waals surface area contributed by atoms with E-state index < -0.39 is 0 Å². The number of anilines is 2. The fraction of sp³-hybridized carbons (Fsp3) is 0.471. The molecule has 1 aliphatic rings. The highest BCUT2D eigenvalue weighted by Gasteiger charge is 2.23. The number of nitrogens with zero attached hydrogens (tertiary/aromatic N) is 3. The van der Waals surface area contributed by atoms with Gasteiger partial charge in [0.15, 0.2) is 0 Å². The summed E-state index contributed by atoms with van der Waals surface area (Å²) in [7, 11) is 0. The van der Waals surface area contributed by atoms with Crippen molar-refractivity contribution in [2.45, 2.75) is 32.4 Å². The lowest BCUT2D eigenvalue weighted by molar-refractivity contribution is 0.0983. The van der Waals surface area contributed by atoms with Crippen molar-refractivity contribution < 1.29 is 13.9 Å². The molecule has 2 N–H and O–H groups in total. The zero-order valence-corrected chi connectivity index (χ0v) is 14.3. The van der Waals surface area contributed by atoms with E-state index >= 15 is 0 Å². The van der Waals surface area contributed by atoms with Crippen LogP contribution in [-0.4, -0.2) is 46.7 Å². The second kappa shape index (κ2) is 8.36. The van der Waals surface area contributed by atoms with Gasteiger partial charge in [0, 0.05) is 25.3 Å². The Bertz CT molecular complexity index is 669. The smallest absolute Gasteiger partial charge is 0.409 e. The first-order valence-corrected chi connectivity index (χ1v) is 8.52. The van der Waals surface area contributed by atoms with Crippen LogP contribution in [0, 0.1) is 0 Å². The minimum Gasteiger partial charge on any atom is -0.467 e. The second-order valence-electron chi connectivity index (χ2n) is 5.80. The summed E-state index contributed by atoms with van der Waals surface area (Å²) < 4.78 is 10.3. The van der Waals surface area contributed by atoms with E-state index in [4.69, 9.17) is 9.15 Å². The second-order valence-corrected chi connectivity index (χ2v) is 5.80. The number of ether oxygens (including phenoxy) is 1. The molecule has 0 aromatic carbocycles. The van der Waals surface area contributed by atoms with Crippen LogP contribution in [0.5, 0.6) is 0 Å². The molecule has 134 valence electrons. The first kappa shape index (κ1) is 17.1. The summed E-state index contributed by atoms with van der Waals surface area (Å²) in [5.74, 6) is 2.14. The number of hydrogen-bond donors (Lipinski definition) is 2. The lowest BCUT2D eigenvalue weighted by atomic mass is 10.1. The summed E-state index contributed by atoms with van der Waals surface area (Å²) in [5.41, 5.74) is 0. The quantitative estimate of drug-likeness (QED) is 0.831. The number of nitrogens with one attached hydrogen (secondary N) is 2. The van der Waals surface area contributed by atoms with Gasteiger partial charge in [-0.15, -0.1) is 0 Å². The maximum Gasteiger partial charge on any atom is 0.409 e. The van der Waals surface area contributed by atoms with Crippen molar-refractivity contribution in [1.29, 1.82) is 0 Å². The van der Waals surface area contributed by atoms with E-state index in [0.29, 0.717) is 32.2 Å². The zero-order chi connectivity index (χ0) is 17.5. The minimum absolute atomic E-state index is 0.229. The normalized spacial score (nSPS) is 15.0. The summed E-state index contributed by atoms with van der Waals surface area (Å²) in [5, 5.41) is 6.55. The third-order valence-electron chi connectivity index (χ3n) is 4.03. The Morgan fingerprint density at radius 2 is 2.24 bits per heavy atom. The van der Waals surface area contributed by atoms with E-state index in [1.165, 1.54) is 0 Å². The first-order valence-electron chi connectivity index (χ1n) is 8.52. The van der Waals surface area contributed by atoms with Crippen LogP contribution in [-0.2, 0) is 11.3 Å². The number of likely N-dealkylation sites (tertiary alicyclic amines) is 1. The van der Waals surface area contributed by atoms with Crippen molar-refractivity contribution in [3.05, 3.63) is 36.4 Å². The summed E-state index contributed by atoms with van der Waals surface area (Å²) in [6.45, 7) is 4.13. The van der Waals surface area contributed by atoms with Crippen molar-refractivity contribution in [2.75, 3.05) is 30.3 Å². The molecule has 3 heterocycles. The number of furan rings is 1. The predicted octanol–water partition coefficient (Wildman–Crippen LogP) is 2.71. The Balaban J connectivity index is 1.48. The minimum atomic E-state index is -0.229. The Hall–Kier alpha value is -2.77. The fourth-order valence-electron chi connectivity index (χ4n) is 2.73. The lowest BCUT2D eigenvalue weighted by Crippen LogP contribution is -2.42. The molecule has 1 aliphatic heterocycles. The van der Waals surface area contributed by atoms with Gasteiger partial charge in [0.1, 0.15) is 11.6 Å². The summed E-state index contributed by atoms with van der Waals surface area (Å²) in [4.78, 5) is 22.2. The van der Waals surface area contributed by atoms with Crippen molar-refractivity contribution >= 4 is 17.9 Å². The van der Waals surface area contributed by atoms with Crippen molar-refractivity contribution in [2.24, 2.45) is 0 Å². The Kier molecular flexibility index (Phi) is 5.71.